The smallest absolute Gasteiger partial charge is 0.279 e. The molecule has 23 heavy (non-hydrogen) atoms. The van der Waals surface area contributed by atoms with Crippen LogP contribution in [-0.4, -0.2) is 45.8 Å². The molecule has 1 fully saturated rings. The highest BCUT2D eigenvalue weighted by Gasteiger charge is 2.27. The summed E-state index contributed by atoms with van der Waals surface area (Å²) in [6.07, 6.45) is 3.25. The predicted molar refractivity (Wildman–Crippen MR) is 85.0 cm³/mol. The summed E-state index contributed by atoms with van der Waals surface area (Å²) in [5.41, 5.74) is 0. The molecule has 2 aliphatic rings. The molecule has 0 unspecified atom stereocenters. The number of nitrogens with zero attached hydrogens (tertiary/aromatic N) is 1. The van der Waals surface area contributed by atoms with Crippen LogP contribution in [0.3, 0.4) is 0 Å². The molecule has 1 aliphatic carbocycles. The van der Waals surface area contributed by atoms with Gasteiger partial charge in [0, 0.05) is 26.2 Å². The molecule has 0 aromatic heterocycles. The molecule has 1 heterocycles. The first-order valence-corrected chi connectivity index (χ1v) is 9.14. The fourth-order valence-corrected chi connectivity index (χ4v) is 3.62. The van der Waals surface area contributed by atoms with Crippen molar-refractivity contribution in [2.75, 3.05) is 20.9 Å². The molecule has 1 saturated carbocycles. The van der Waals surface area contributed by atoms with E-state index in [1.54, 1.807) is 0 Å². The average Bonchev–Trinajstić information content (AvgIpc) is 2.96. The normalized spacial score (nSPS) is 24.0. The van der Waals surface area contributed by atoms with Crippen LogP contribution < -0.4 is 18.9 Å². The molecule has 0 saturated heterocycles. The minimum Gasteiger partial charge on any atom is -0.490 e. The third kappa shape index (κ3) is 3.88. The lowest BCUT2D eigenvalue weighted by atomic mass is 9.94. The highest BCUT2D eigenvalue weighted by atomic mass is 32.2. The van der Waals surface area contributed by atoms with E-state index in [1.807, 2.05) is 18.2 Å². The van der Waals surface area contributed by atoms with Crippen LogP contribution in [0.1, 0.15) is 25.7 Å². The molecule has 1 aromatic carbocycles. The van der Waals surface area contributed by atoms with Crippen molar-refractivity contribution in [2.45, 2.75) is 37.8 Å². The summed E-state index contributed by atoms with van der Waals surface area (Å²) in [4.78, 5) is 0. The van der Waals surface area contributed by atoms with E-state index < -0.39 is 10.2 Å². The lowest BCUT2D eigenvalue weighted by Crippen LogP contribution is -2.44. The lowest BCUT2D eigenvalue weighted by Gasteiger charge is -2.30. The second kappa shape index (κ2) is 6.54. The zero-order valence-electron chi connectivity index (χ0n) is 13.3. The molecule has 0 radical (unpaired) electrons. The van der Waals surface area contributed by atoms with Gasteiger partial charge in [0.15, 0.2) is 11.5 Å². The minimum atomic E-state index is -3.37. The molecule has 8 heteroatoms. The molecule has 0 spiro atoms. The number of hydrogen-bond donors (Lipinski definition) is 1. The van der Waals surface area contributed by atoms with Gasteiger partial charge in [0.25, 0.3) is 10.2 Å². The molecule has 3 rings (SSSR count). The van der Waals surface area contributed by atoms with Crippen LogP contribution >= 0.6 is 0 Å². The van der Waals surface area contributed by atoms with Gasteiger partial charge in [-0.2, -0.15) is 17.4 Å². The van der Waals surface area contributed by atoms with E-state index in [2.05, 4.69) is 4.72 Å². The molecule has 128 valence electrons. The van der Waals surface area contributed by atoms with Crippen molar-refractivity contribution in [1.82, 2.24) is 9.03 Å². The quantitative estimate of drug-likeness (QED) is 0.877. The number of fused-ring (bicyclic) bond motifs is 1. The maximum atomic E-state index is 11.8. The third-order valence-corrected chi connectivity index (χ3v) is 5.71. The Morgan fingerprint density at radius 2 is 1.83 bits per heavy atom. The van der Waals surface area contributed by atoms with Crippen LogP contribution in [0.4, 0.5) is 0 Å². The standard InChI is InChI=1S/C15H22N2O5S/c1-17(2)23(18,19)16-11-3-5-12(6-4-11)22-13-7-8-14-15(9-13)21-10-20-14/h7-9,11-12,16H,3-6,10H2,1-2H3. The first kappa shape index (κ1) is 16.4. The zero-order chi connectivity index (χ0) is 16.4. The molecule has 1 aliphatic heterocycles. The van der Waals surface area contributed by atoms with Crippen LogP contribution in [0, 0.1) is 0 Å². The van der Waals surface area contributed by atoms with E-state index in [1.165, 1.54) is 18.4 Å². The number of benzene rings is 1. The number of ether oxygens (including phenoxy) is 3. The first-order valence-electron chi connectivity index (χ1n) is 7.70. The van der Waals surface area contributed by atoms with Crippen molar-refractivity contribution >= 4 is 10.2 Å². The van der Waals surface area contributed by atoms with Gasteiger partial charge in [0.1, 0.15) is 5.75 Å². The molecule has 1 aromatic rings. The van der Waals surface area contributed by atoms with E-state index in [9.17, 15) is 8.42 Å². The Balaban J connectivity index is 1.51. The molecular formula is C15H22N2O5S. The van der Waals surface area contributed by atoms with Gasteiger partial charge >= 0.3 is 0 Å². The summed E-state index contributed by atoms with van der Waals surface area (Å²) in [7, 11) is -0.320. The Labute approximate surface area is 136 Å². The Morgan fingerprint density at radius 3 is 2.52 bits per heavy atom. The van der Waals surface area contributed by atoms with Gasteiger partial charge in [-0.3, -0.25) is 0 Å². The predicted octanol–water partition coefficient (Wildman–Crippen LogP) is 1.50. The van der Waals surface area contributed by atoms with Crippen LogP contribution in [0.25, 0.3) is 0 Å². The second-order valence-corrected chi connectivity index (χ2v) is 7.93. The van der Waals surface area contributed by atoms with Crippen molar-refractivity contribution in [1.29, 1.82) is 0 Å². The first-order chi connectivity index (χ1) is 10.9. The van der Waals surface area contributed by atoms with Gasteiger partial charge in [-0.05, 0) is 37.8 Å². The molecule has 1 N–H and O–H groups in total. The fourth-order valence-electron chi connectivity index (χ4n) is 2.76. The monoisotopic (exact) mass is 342 g/mol. The Bertz CT molecular complexity index is 654. The van der Waals surface area contributed by atoms with Gasteiger partial charge in [-0.1, -0.05) is 0 Å². The third-order valence-electron chi connectivity index (χ3n) is 4.12. The SMILES string of the molecule is CN(C)S(=O)(=O)NC1CCC(Oc2ccc3c(c2)OCO3)CC1. The van der Waals surface area contributed by atoms with E-state index in [0.29, 0.717) is 5.75 Å². The van der Waals surface area contributed by atoms with E-state index in [4.69, 9.17) is 14.2 Å². The van der Waals surface area contributed by atoms with Crippen molar-refractivity contribution in [3.05, 3.63) is 18.2 Å². The Hall–Kier alpha value is -1.51. The summed E-state index contributed by atoms with van der Waals surface area (Å²) < 4.78 is 44.2. The average molecular weight is 342 g/mol. The maximum absolute atomic E-state index is 11.8. The van der Waals surface area contributed by atoms with E-state index >= 15 is 0 Å². The van der Waals surface area contributed by atoms with Gasteiger partial charge < -0.3 is 14.2 Å². The van der Waals surface area contributed by atoms with Crippen LogP contribution in [-0.2, 0) is 10.2 Å². The summed E-state index contributed by atoms with van der Waals surface area (Å²) in [6.45, 7) is 0.246. The van der Waals surface area contributed by atoms with E-state index in [-0.39, 0.29) is 18.9 Å². The highest BCUT2D eigenvalue weighted by Crippen LogP contribution is 2.36. The van der Waals surface area contributed by atoms with Crippen molar-refractivity contribution in [2.24, 2.45) is 0 Å². The number of nitrogens with one attached hydrogen (secondary N) is 1. The Kier molecular flexibility index (Phi) is 4.65. The second-order valence-electron chi connectivity index (χ2n) is 6.01. The van der Waals surface area contributed by atoms with Crippen molar-refractivity contribution < 1.29 is 22.6 Å². The maximum Gasteiger partial charge on any atom is 0.279 e. The lowest BCUT2D eigenvalue weighted by molar-refractivity contribution is 0.143. The zero-order valence-corrected chi connectivity index (χ0v) is 14.1. The molecule has 0 atom stereocenters. The van der Waals surface area contributed by atoms with Gasteiger partial charge in [0.05, 0.1) is 6.10 Å². The van der Waals surface area contributed by atoms with Gasteiger partial charge in [-0.15, -0.1) is 0 Å². The largest absolute Gasteiger partial charge is 0.490 e. The summed E-state index contributed by atoms with van der Waals surface area (Å²) in [5.74, 6) is 2.20. The van der Waals surface area contributed by atoms with Crippen molar-refractivity contribution in [3.63, 3.8) is 0 Å². The Morgan fingerprint density at radius 1 is 1.13 bits per heavy atom. The summed E-state index contributed by atoms with van der Waals surface area (Å²) >= 11 is 0. The highest BCUT2D eigenvalue weighted by molar-refractivity contribution is 7.87. The molecule has 0 amide bonds. The van der Waals surface area contributed by atoms with Crippen LogP contribution in [0.5, 0.6) is 17.2 Å². The topological polar surface area (TPSA) is 77.1 Å². The fraction of sp³-hybridized carbons (Fsp3) is 0.600. The van der Waals surface area contributed by atoms with Gasteiger partial charge in [-0.25, -0.2) is 0 Å². The van der Waals surface area contributed by atoms with Gasteiger partial charge in [0.2, 0.25) is 6.79 Å². The molecule has 7 nitrogen and oxygen atoms in total. The van der Waals surface area contributed by atoms with Crippen molar-refractivity contribution in [3.8, 4) is 17.2 Å². The summed E-state index contributed by atoms with van der Waals surface area (Å²) in [5, 5.41) is 0. The molecular weight excluding hydrogens is 320 g/mol. The van der Waals surface area contributed by atoms with Crippen LogP contribution in [0.2, 0.25) is 0 Å². The van der Waals surface area contributed by atoms with Crippen LogP contribution in [0.15, 0.2) is 18.2 Å². The summed E-state index contributed by atoms with van der Waals surface area (Å²) in [6, 6.07) is 5.52. The minimum absolute atomic E-state index is 0.0287. The van der Waals surface area contributed by atoms with E-state index in [0.717, 1.165) is 37.2 Å². The number of rotatable bonds is 5. The molecule has 0 bridgehead atoms. The number of hydrogen-bond acceptors (Lipinski definition) is 5.